The first-order valence-electron chi connectivity index (χ1n) is 9.33. The Hall–Kier alpha value is -1.02. The molecule has 0 amide bonds. The van der Waals surface area contributed by atoms with Crippen LogP contribution in [0.4, 0.5) is 0 Å². The normalized spacial score (nSPS) is 42.4. The van der Waals surface area contributed by atoms with E-state index < -0.39 is 18.0 Å². The molecule has 140 valence electrons. The molecule has 0 radical (unpaired) electrons. The van der Waals surface area contributed by atoms with Crippen molar-refractivity contribution in [3.8, 4) is 0 Å². The van der Waals surface area contributed by atoms with Crippen molar-refractivity contribution < 1.29 is 33.3 Å². The molecule has 0 aromatic rings. The number of carbonyl (C=O) groups excluding carboxylic acids is 2. The summed E-state index contributed by atoms with van der Waals surface area (Å²) in [5, 5.41) is 0. The van der Waals surface area contributed by atoms with Crippen molar-refractivity contribution in [3.63, 3.8) is 0 Å². The number of hydrogen-bond acceptors (Lipinski definition) is 7. The van der Waals surface area contributed by atoms with Crippen molar-refractivity contribution in [2.24, 2.45) is 0 Å². The van der Waals surface area contributed by atoms with Gasteiger partial charge in [0.25, 0.3) is 0 Å². The average molecular weight is 354 g/mol. The fourth-order valence-corrected chi connectivity index (χ4v) is 4.63. The van der Waals surface area contributed by atoms with Crippen LogP contribution in [0.15, 0.2) is 0 Å². The molecule has 3 aliphatic heterocycles. The molecule has 0 aromatic carbocycles. The molecule has 3 saturated heterocycles. The molecule has 1 saturated carbocycles. The van der Waals surface area contributed by atoms with Gasteiger partial charge in [0.05, 0.1) is 25.7 Å². The molecule has 3 heterocycles. The van der Waals surface area contributed by atoms with Gasteiger partial charge in [0.2, 0.25) is 0 Å². The third-order valence-corrected chi connectivity index (χ3v) is 5.87. The SMILES string of the molecule is COC(=O)C[C@H]1CC[C@@H]2O[C@@H](C=O)[C@H]3OC4(CCCCC4)OC3[C@H]2O1. The molecule has 1 aliphatic carbocycles. The minimum atomic E-state index is -0.617. The second kappa shape index (κ2) is 6.95. The Morgan fingerprint density at radius 3 is 2.56 bits per heavy atom. The fraction of sp³-hybridized carbons (Fsp3) is 0.889. The lowest BCUT2D eigenvalue weighted by Gasteiger charge is -2.45. The predicted octanol–water partition coefficient (Wildman–Crippen LogP) is 1.51. The molecule has 0 N–H and O–H groups in total. The summed E-state index contributed by atoms with van der Waals surface area (Å²) in [6, 6.07) is 0. The Morgan fingerprint density at radius 2 is 1.84 bits per heavy atom. The molecule has 25 heavy (non-hydrogen) atoms. The lowest BCUT2D eigenvalue weighted by atomic mass is 9.89. The molecule has 1 unspecified atom stereocenters. The highest BCUT2D eigenvalue weighted by Crippen LogP contribution is 2.47. The molecule has 4 rings (SSSR count). The number of hydrogen-bond donors (Lipinski definition) is 0. The number of rotatable bonds is 3. The van der Waals surface area contributed by atoms with Gasteiger partial charge in [-0.3, -0.25) is 4.79 Å². The van der Waals surface area contributed by atoms with Gasteiger partial charge in [-0.05, 0) is 25.7 Å². The van der Waals surface area contributed by atoms with Gasteiger partial charge < -0.3 is 28.5 Å². The first kappa shape index (κ1) is 17.4. The van der Waals surface area contributed by atoms with Crippen LogP contribution in [0.1, 0.15) is 51.4 Å². The lowest BCUT2D eigenvalue weighted by molar-refractivity contribution is -0.235. The highest BCUT2D eigenvalue weighted by Gasteiger charge is 2.59. The summed E-state index contributed by atoms with van der Waals surface area (Å²) in [5.41, 5.74) is 0. The zero-order valence-electron chi connectivity index (χ0n) is 14.6. The van der Waals surface area contributed by atoms with Gasteiger partial charge in [0.15, 0.2) is 12.1 Å². The second-order valence-electron chi connectivity index (χ2n) is 7.49. The summed E-state index contributed by atoms with van der Waals surface area (Å²) in [6.45, 7) is 0. The molecular weight excluding hydrogens is 328 g/mol. The maximum atomic E-state index is 11.6. The van der Waals surface area contributed by atoms with Crippen LogP contribution < -0.4 is 0 Å². The summed E-state index contributed by atoms with van der Waals surface area (Å²) in [4.78, 5) is 23.1. The van der Waals surface area contributed by atoms with E-state index >= 15 is 0 Å². The van der Waals surface area contributed by atoms with E-state index in [0.717, 1.165) is 38.4 Å². The van der Waals surface area contributed by atoms with Crippen molar-refractivity contribution in [2.75, 3.05) is 7.11 Å². The zero-order chi connectivity index (χ0) is 17.4. The summed E-state index contributed by atoms with van der Waals surface area (Å²) in [7, 11) is 1.38. The Bertz CT molecular complexity index is 516. The molecule has 4 fully saturated rings. The van der Waals surface area contributed by atoms with Crippen LogP contribution in [0.5, 0.6) is 0 Å². The molecule has 6 atom stereocenters. The molecule has 4 aliphatic rings. The van der Waals surface area contributed by atoms with E-state index in [0.29, 0.717) is 6.42 Å². The summed E-state index contributed by atoms with van der Waals surface area (Å²) < 4.78 is 29.5. The van der Waals surface area contributed by atoms with Crippen LogP contribution in [-0.4, -0.2) is 61.8 Å². The van der Waals surface area contributed by atoms with Crippen molar-refractivity contribution in [2.45, 2.75) is 93.8 Å². The highest BCUT2D eigenvalue weighted by molar-refractivity contribution is 5.69. The van der Waals surface area contributed by atoms with E-state index in [-0.39, 0.29) is 36.8 Å². The van der Waals surface area contributed by atoms with E-state index in [2.05, 4.69) is 0 Å². The molecule has 7 heteroatoms. The number of ether oxygens (including phenoxy) is 5. The Morgan fingerprint density at radius 1 is 1.08 bits per heavy atom. The third-order valence-electron chi connectivity index (χ3n) is 5.87. The van der Waals surface area contributed by atoms with Crippen LogP contribution in [0.2, 0.25) is 0 Å². The van der Waals surface area contributed by atoms with Crippen LogP contribution in [0.25, 0.3) is 0 Å². The van der Waals surface area contributed by atoms with Crippen molar-refractivity contribution in [1.82, 2.24) is 0 Å². The van der Waals surface area contributed by atoms with Gasteiger partial charge in [-0.15, -0.1) is 0 Å². The number of methoxy groups -OCH3 is 1. The van der Waals surface area contributed by atoms with Crippen LogP contribution in [-0.2, 0) is 33.3 Å². The molecule has 7 nitrogen and oxygen atoms in total. The highest BCUT2D eigenvalue weighted by atomic mass is 16.8. The smallest absolute Gasteiger partial charge is 0.308 e. The summed E-state index contributed by atoms with van der Waals surface area (Å²) in [6.07, 6.45) is 5.36. The van der Waals surface area contributed by atoms with Crippen molar-refractivity contribution in [1.29, 1.82) is 0 Å². The summed E-state index contributed by atoms with van der Waals surface area (Å²) in [5.74, 6) is -0.888. The Kier molecular flexibility index (Phi) is 4.83. The Balaban J connectivity index is 1.51. The van der Waals surface area contributed by atoms with Gasteiger partial charge in [0.1, 0.15) is 24.4 Å². The first-order valence-corrected chi connectivity index (χ1v) is 9.33. The minimum absolute atomic E-state index is 0.201. The first-order chi connectivity index (χ1) is 12.1. The Labute approximate surface area is 147 Å². The summed E-state index contributed by atoms with van der Waals surface area (Å²) >= 11 is 0. The van der Waals surface area contributed by atoms with E-state index in [9.17, 15) is 9.59 Å². The number of aldehydes is 1. The average Bonchev–Trinajstić information content (AvgIpc) is 3.00. The van der Waals surface area contributed by atoms with Gasteiger partial charge in [0, 0.05) is 12.8 Å². The quantitative estimate of drug-likeness (QED) is 0.561. The van der Waals surface area contributed by atoms with Crippen LogP contribution in [0.3, 0.4) is 0 Å². The maximum absolute atomic E-state index is 11.6. The van der Waals surface area contributed by atoms with Crippen LogP contribution >= 0.6 is 0 Å². The molecule has 1 spiro atoms. The monoisotopic (exact) mass is 354 g/mol. The lowest BCUT2D eigenvalue weighted by Crippen LogP contribution is -2.60. The van der Waals surface area contributed by atoms with Crippen molar-refractivity contribution in [3.05, 3.63) is 0 Å². The van der Waals surface area contributed by atoms with E-state index in [4.69, 9.17) is 23.7 Å². The molecule has 0 aromatic heterocycles. The van der Waals surface area contributed by atoms with E-state index in [1.807, 2.05) is 0 Å². The maximum Gasteiger partial charge on any atom is 0.308 e. The van der Waals surface area contributed by atoms with Gasteiger partial charge in [-0.2, -0.15) is 0 Å². The standard InChI is InChI=1S/C18H26O7/c1-21-14(20)9-11-5-6-12-15(22-11)17-16(13(10-19)23-12)24-18(25-17)7-3-2-4-8-18/h10-13,15-17H,2-9H2,1H3/t11-,12+,13+,15+,16-,17?/m1/s1. The fourth-order valence-electron chi connectivity index (χ4n) is 4.63. The van der Waals surface area contributed by atoms with E-state index in [1.54, 1.807) is 0 Å². The largest absolute Gasteiger partial charge is 0.469 e. The van der Waals surface area contributed by atoms with Crippen LogP contribution in [0, 0.1) is 0 Å². The third kappa shape index (κ3) is 3.23. The van der Waals surface area contributed by atoms with Gasteiger partial charge in [-0.25, -0.2) is 0 Å². The molecular formula is C18H26O7. The van der Waals surface area contributed by atoms with Gasteiger partial charge in [-0.1, -0.05) is 6.42 Å². The van der Waals surface area contributed by atoms with Crippen molar-refractivity contribution >= 4 is 12.3 Å². The van der Waals surface area contributed by atoms with E-state index in [1.165, 1.54) is 13.5 Å². The van der Waals surface area contributed by atoms with Gasteiger partial charge >= 0.3 is 5.97 Å². The topological polar surface area (TPSA) is 80.3 Å². The zero-order valence-corrected chi connectivity index (χ0v) is 14.6. The minimum Gasteiger partial charge on any atom is -0.469 e. The molecule has 0 bridgehead atoms. The number of esters is 1. The predicted molar refractivity (Wildman–Crippen MR) is 84.8 cm³/mol. The number of carbonyl (C=O) groups is 2. The second-order valence-corrected chi connectivity index (χ2v) is 7.49. The number of fused-ring (bicyclic) bond motifs is 3.